The zero-order chi connectivity index (χ0) is 10.5. The quantitative estimate of drug-likeness (QED) is 0.765. The lowest BCUT2D eigenvalue weighted by molar-refractivity contribution is 0.564. The van der Waals surface area contributed by atoms with E-state index in [0.717, 1.165) is 23.4 Å². The van der Waals surface area contributed by atoms with Gasteiger partial charge in [-0.1, -0.05) is 12.0 Å². The Morgan fingerprint density at radius 1 is 1.33 bits per heavy atom. The van der Waals surface area contributed by atoms with Gasteiger partial charge in [0.05, 0.1) is 12.5 Å². The Morgan fingerprint density at radius 2 is 2.27 bits per heavy atom. The molecule has 0 aliphatic carbocycles. The summed E-state index contributed by atoms with van der Waals surface area (Å²) < 4.78 is 4.98. The number of anilines is 1. The second kappa shape index (κ2) is 4.39. The minimum absolute atomic E-state index is 0.741. The number of rotatable bonds is 3. The fourth-order valence-electron chi connectivity index (χ4n) is 1.32. The van der Waals surface area contributed by atoms with Gasteiger partial charge >= 0.3 is 0 Å². The highest BCUT2D eigenvalue weighted by molar-refractivity contribution is 5.50. The maximum atomic E-state index is 5.32. The van der Waals surface area contributed by atoms with E-state index in [2.05, 4.69) is 11.2 Å². The van der Waals surface area contributed by atoms with Crippen molar-refractivity contribution in [3.63, 3.8) is 0 Å². The molecule has 0 spiro atoms. The predicted molar refractivity (Wildman–Crippen MR) is 60.4 cm³/mol. The van der Waals surface area contributed by atoms with Gasteiger partial charge in [0.25, 0.3) is 0 Å². The lowest BCUT2D eigenvalue weighted by atomic mass is 10.2. The van der Waals surface area contributed by atoms with Gasteiger partial charge in [0, 0.05) is 23.4 Å². The predicted octanol–water partition coefficient (Wildman–Crippen LogP) is 2.87. The average molecular weight is 197 g/mol. The lowest BCUT2D eigenvalue weighted by Crippen LogP contribution is -1.97. The number of benzene rings is 1. The zero-order valence-electron chi connectivity index (χ0n) is 8.23. The third-order valence-corrected chi connectivity index (χ3v) is 2.11. The molecule has 0 radical (unpaired) electrons. The molecule has 2 nitrogen and oxygen atoms in total. The summed E-state index contributed by atoms with van der Waals surface area (Å²) in [4.78, 5) is 0. The van der Waals surface area contributed by atoms with Crippen LogP contribution in [0.15, 0.2) is 47.3 Å². The van der Waals surface area contributed by atoms with Gasteiger partial charge in [0.1, 0.15) is 0 Å². The molecule has 0 unspecified atom stereocenters. The molecule has 1 N–H and O–H groups in total. The highest BCUT2D eigenvalue weighted by Gasteiger charge is 1.95. The molecule has 1 heterocycles. The van der Waals surface area contributed by atoms with E-state index in [1.165, 1.54) is 0 Å². The van der Waals surface area contributed by atoms with Crippen LogP contribution in [-0.2, 0) is 6.54 Å². The van der Waals surface area contributed by atoms with E-state index < -0.39 is 0 Å². The van der Waals surface area contributed by atoms with Crippen LogP contribution in [0.2, 0.25) is 0 Å². The second-order valence-electron chi connectivity index (χ2n) is 3.21. The van der Waals surface area contributed by atoms with Crippen molar-refractivity contribution in [2.75, 3.05) is 5.32 Å². The minimum atomic E-state index is 0.741. The van der Waals surface area contributed by atoms with Crippen molar-refractivity contribution in [3.05, 3.63) is 54.0 Å². The molecule has 0 saturated heterocycles. The molecule has 0 aliphatic rings. The number of furan rings is 1. The van der Waals surface area contributed by atoms with Crippen LogP contribution in [0.25, 0.3) is 0 Å². The summed E-state index contributed by atoms with van der Waals surface area (Å²) in [7, 11) is 0. The maximum absolute atomic E-state index is 5.32. The number of hydrogen-bond acceptors (Lipinski definition) is 2. The van der Waals surface area contributed by atoms with E-state index in [4.69, 9.17) is 10.8 Å². The Bertz CT molecular complexity index is 466. The molecule has 0 atom stereocenters. The van der Waals surface area contributed by atoms with E-state index in [1.54, 1.807) is 12.5 Å². The van der Waals surface area contributed by atoms with Gasteiger partial charge in [0.2, 0.25) is 0 Å². The van der Waals surface area contributed by atoms with Gasteiger partial charge in [-0.15, -0.1) is 6.42 Å². The molecule has 74 valence electrons. The molecule has 0 aliphatic heterocycles. The number of hydrogen-bond donors (Lipinski definition) is 1. The monoisotopic (exact) mass is 197 g/mol. The second-order valence-corrected chi connectivity index (χ2v) is 3.21. The Balaban J connectivity index is 2.02. The summed E-state index contributed by atoms with van der Waals surface area (Å²) >= 11 is 0. The summed E-state index contributed by atoms with van der Waals surface area (Å²) in [6.07, 6.45) is 8.70. The summed E-state index contributed by atoms with van der Waals surface area (Å²) in [5, 5.41) is 3.27. The van der Waals surface area contributed by atoms with E-state index in [9.17, 15) is 0 Å². The summed E-state index contributed by atoms with van der Waals surface area (Å²) in [5.41, 5.74) is 3.01. The van der Waals surface area contributed by atoms with Crippen LogP contribution < -0.4 is 5.32 Å². The van der Waals surface area contributed by atoms with Crippen LogP contribution in [-0.4, -0.2) is 0 Å². The van der Waals surface area contributed by atoms with Gasteiger partial charge in [0.15, 0.2) is 0 Å². The van der Waals surface area contributed by atoms with E-state index in [1.807, 2.05) is 30.3 Å². The molecule has 1 aromatic carbocycles. The first-order valence-corrected chi connectivity index (χ1v) is 4.70. The van der Waals surface area contributed by atoms with Gasteiger partial charge in [-0.2, -0.15) is 0 Å². The van der Waals surface area contributed by atoms with Crippen molar-refractivity contribution >= 4 is 5.69 Å². The normalized spacial score (nSPS) is 9.53. The molecule has 0 saturated carbocycles. The third kappa shape index (κ3) is 2.41. The van der Waals surface area contributed by atoms with E-state index in [0.29, 0.717) is 0 Å². The molecule has 2 heteroatoms. The molecule has 2 rings (SSSR count). The summed E-state index contributed by atoms with van der Waals surface area (Å²) in [6.45, 7) is 0.741. The maximum Gasteiger partial charge on any atom is 0.0952 e. The first-order valence-electron chi connectivity index (χ1n) is 4.70. The van der Waals surface area contributed by atoms with Gasteiger partial charge in [-0.05, 0) is 24.3 Å². The van der Waals surface area contributed by atoms with Gasteiger partial charge in [-0.25, -0.2) is 0 Å². The van der Waals surface area contributed by atoms with E-state index in [-0.39, 0.29) is 0 Å². The van der Waals surface area contributed by atoms with E-state index >= 15 is 0 Å². The smallest absolute Gasteiger partial charge is 0.0952 e. The van der Waals surface area contributed by atoms with Crippen LogP contribution >= 0.6 is 0 Å². The molecule has 15 heavy (non-hydrogen) atoms. The molecule has 1 aromatic heterocycles. The topological polar surface area (TPSA) is 25.2 Å². The molecular weight excluding hydrogens is 186 g/mol. The number of nitrogens with one attached hydrogen (secondary N) is 1. The molecule has 2 aromatic rings. The van der Waals surface area contributed by atoms with Crippen molar-refractivity contribution in [1.82, 2.24) is 0 Å². The van der Waals surface area contributed by atoms with Crippen LogP contribution in [0.1, 0.15) is 11.1 Å². The van der Waals surface area contributed by atoms with Crippen molar-refractivity contribution < 1.29 is 4.42 Å². The van der Waals surface area contributed by atoms with Crippen molar-refractivity contribution in [1.29, 1.82) is 0 Å². The third-order valence-electron chi connectivity index (χ3n) is 2.11. The Kier molecular flexibility index (Phi) is 2.75. The summed E-state index contributed by atoms with van der Waals surface area (Å²) in [6, 6.07) is 9.70. The fourth-order valence-corrected chi connectivity index (χ4v) is 1.32. The van der Waals surface area contributed by atoms with Crippen molar-refractivity contribution in [2.45, 2.75) is 6.54 Å². The van der Waals surface area contributed by atoms with Crippen molar-refractivity contribution in [3.8, 4) is 12.3 Å². The van der Waals surface area contributed by atoms with Crippen LogP contribution in [0.4, 0.5) is 5.69 Å². The standard InChI is InChI=1S/C13H11NO/c1-2-11-4-3-5-13(8-11)14-9-12-6-7-15-10-12/h1,3-8,10,14H,9H2. The van der Waals surface area contributed by atoms with Gasteiger partial charge < -0.3 is 9.73 Å². The Morgan fingerprint density at radius 3 is 3.00 bits per heavy atom. The first-order chi connectivity index (χ1) is 7.38. The van der Waals surface area contributed by atoms with Gasteiger partial charge in [-0.3, -0.25) is 0 Å². The summed E-state index contributed by atoms with van der Waals surface area (Å²) in [5.74, 6) is 2.60. The fraction of sp³-hybridized carbons (Fsp3) is 0.0769. The lowest BCUT2D eigenvalue weighted by Gasteiger charge is -2.04. The highest BCUT2D eigenvalue weighted by Crippen LogP contribution is 2.11. The Hall–Kier alpha value is -2.14. The zero-order valence-corrected chi connectivity index (χ0v) is 8.23. The SMILES string of the molecule is C#Cc1cccc(NCc2ccoc2)c1. The first kappa shape index (κ1) is 9.42. The molecule has 0 bridgehead atoms. The average Bonchev–Trinajstić information content (AvgIpc) is 2.79. The van der Waals surface area contributed by atoms with Crippen LogP contribution in [0.3, 0.4) is 0 Å². The largest absolute Gasteiger partial charge is 0.472 e. The molecule has 0 amide bonds. The number of terminal acetylenes is 1. The highest BCUT2D eigenvalue weighted by atomic mass is 16.3. The minimum Gasteiger partial charge on any atom is -0.472 e. The Labute approximate surface area is 88.9 Å². The molecular formula is C13H11NO. The van der Waals surface area contributed by atoms with Crippen LogP contribution in [0, 0.1) is 12.3 Å². The van der Waals surface area contributed by atoms with Crippen LogP contribution in [0.5, 0.6) is 0 Å². The molecule has 0 fully saturated rings. The van der Waals surface area contributed by atoms with Crippen molar-refractivity contribution in [2.24, 2.45) is 0 Å².